The minimum Gasteiger partial charge on any atom is -0.480 e. The Morgan fingerprint density at radius 1 is 1.65 bits per heavy atom. The van der Waals surface area contributed by atoms with E-state index in [0.29, 0.717) is 24.3 Å². The van der Waals surface area contributed by atoms with E-state index in [1.165, 1.54) is 16.4 Å². The second-order valence-electron chi connectivity index (χ2n) is 3.43. The molecule has 0 bridgehead atoms. The van der Waals surface area contributed by atoms with Crippen molar-refractivity contribution in [3.63, 3.8) is 0 Å². The molecule has 0 aromatic carbocycles. The standard InChI is InChI=1S/C8H12N4O4S/c13-7(14)3-12-8(9-10-11-12)17-4-6-1-2-15-5-16-6/h6H,1-5H2,(H,13,14). The van der Waals surface area contributed by atoms with E-state index in [9.17, 15) is 4.79 Å². The number of hydrogen-bond donors (Lipinski definition) is 1. The third kappa shape index (κ3) is 3.65. The number of carbonyl (C=O) groups is 1. The lowest BCUT2D eigenvalue weighted by Gasteiger charge is -2.21. The molecule has 1 aromatic rings. The summed E-state index contributed by atoms with van der Waals surface area (Å²) in [5, 5.41) is 20.0. The summed E-state index contributed by atoms with van der Waals surface area (Å²) in [7, 11) is 0. The largest absolute Gasteiger partial charge is 0.480 e. The van der Waals surface area contributed by atoms with Crippen LogP contribution in [0.5, 0.6) is 0 Å². The number of aliphatic carboxylic acids is 1. The Balaban J connectivity index is 1.85. The highest BCUT2D eigenvalue weighted by atomic mass is 32.2. The summed E-state index contributed by atoms with van der Waals surface area (Å²) in [6, 6.07) is 0. The molecule has 1 aromatic heterocycles. The van der Waals surface area contributed by atoms with Crippen LogP contribution in [0.25, 0.3) is 0 Å². The zero-order valence-corrected chi connectivity index (χ0v) is 9.80. The molecular weight excluding hydrogens is 248 g/mol. The van der Waals surface area contributed by atoms with Crippen LogP contribution in [0.2, 0.25) is 0 Å². The molecule has 2 rings (SSSR count). The van der Waals surface area contributed by atoms with Crippen LogP contribution >= 0.6 is 11.8 Å². The fraction of sp³-hybridized carbons (Fsp3) is 0.750. The molecule has 1 fully saturated rings. The van der Waals surface area contributed by atoms with Crippen LogP contribution in [0.3, 0.4) is 0 Å². The molecular formula is C8H12N4O4S. The summed E-state index contributed by atoms with van der Waals surface area (Å²) in [5.74, 6) is -0.287. The SMILES string of the molecule is O=C(O)Cn1nnnc1SCC1CCOCO1. The zero-order chi connectivity index (χ0) is 12.1. The van der Waals surface area contributed by atoms with Gasteiger partial charge in [-0.25, -0.2) is 4.68 Å². The lowest BCUT2D eigenvalue weighted by molar-refractivity contribution is -0.138. The maximum absolute atomic E-state index is 10.6. The molecule has 0 saturated carbocycles. The van der Waals surface area contributed by atoms with Crippen LogP contribution in [-0.4, -0.2) is 56.5 Å². The highest BCUT2D eigenvalue weighted by molar-refractivity contribution is 7.99. The van der Waals surface area contributed by atoms with Crippen molar-refractivity contribution in [1.82, 2.24) is 20.2 Å². The summed E-state index contributed by atoms with van der Waals surface area (Å²) in [6.45, 7) is 0.764. The Kier molecular flexibility index (Phi) is 4.29. The fourth-order valence-electron chi connectivity index (χ4n) is 1.33. The van der Waals surface area contributed by atoms with Crippen molar-refractivity contribution >= 4 is 17.7 Å². The molecule has 94 valence electrons. The minimum absolute atomic E-state index is 0.101. The van der Waals surface area contributed by atoms with Gasteiger partial charge in [0.15, 0.2) is 0 Å². The van der Waals surface area contributed by atoms with Gasteiger partial charge in [0.1, 0.15) is 13.3 Å². The third-order valence-corrected chi connectivity index (χ3v) is 3.24. The van der Waals surface area contributed by atoms with Gasteiger partial charge in [-0.3, -0.25) is 4.79 Å². The molecule has 1 saturated heterocycles. The average molecular weight is 260 g/mol. The predicted molar refractivity (Wildman–Crippen MR) is 56.5 cm³/mol. The highest BCUT2D eigenvalue weighted by Crippen LogP contribution is 2.19. The first kappa shape index (κ1) is 12.3. The monoisotopic (exact) mass is 260 g/mol. The number of hydrogen-bond acceptors (Lipinski definition) is 7. The van der Waals surface area contributed by atoms with Crippen LogP contribution in [0.1, 0.15) is 6.42 Å². The van der Waals surface area contributed by atoms with Gasteiger partial charge < -0.3 is 14.6 Å². The smallest absolute Gasteiger partial charge is 0.325 e. The molecule has 8 nitrogen and oxygen atoms in total. The van der Waals surface area contributed by atoms with Crippen molar-refractivity contribution in [2.45, 2.75) is 24.2 Å². The van der Waals surface area contributed by atoms with Crippen molar-refractivity contribution in [2.75, 3.05) is 19.2 Å². The van der Waals surface area contributed by atoms with Gasteiger partial charge in [-0.15, -0.1) is 5.10 Å². The Morgan fingerprint density at radius 2 is 2.53 bits per heavy atom. The number of tetrazole rings is 1. The van der Waals surface area contributed by atoms with Crippen LogP contribution < -0.4 is 0 Å². The number of carboxylic acids is 1. The van der Waals surface area contributed by atoms with Crippen LogP contribution in [0.4, 0.5) is 0 Å². The van der Waals surface area contributed by atoms with Gasteiger partial charge in [0.05, 0.1) is 12.7 Å². The first-order valence-electron chi connectivity index (χ1n) is 5.06. The Labute approximate surface area is 101 Å². The van der Waals surface area contributed by atoms with Crippen molar-refractivity contribution in [3.05, 3.63) is 0 Å². The van der Waals surface area contributed by atoms with Gasteiger partial charge in [0.2, 0.25) is 5.16 Å². The summed E-state index contributed by atoms with van der Waals surface area (Å²) in [4.78, 5) is 10.6. The second kappa shape index (κ2) is 5.94. The van der Waals surface area contributed by atoms with Gasteiger partial charge in [0, 0.05) is 5.75 Å². The molecule has 0 spiro atoms. The maximum atomic E-state index is 10.6. The molecule has 17 heavy (non-hydrogen) atoms. The van der Waals surface area contributed by atoms with Crippen molar-refractivity contribution in [3.8, 4) is 0 Å². The molecule has 2 heterocycles. The van der Waals surface area contributed by atoms with Gasteiger partial charge >= 0.3 is 5.97 Å². The quantitative estimate of drug-likeness (QED) is 0.715. The van der Waals surface area contributed by atoms with Crippen LogP contribution in [0, 0.1) is 0 Å². The maximum Gasteiger partial charge on any atom is 0.325 e. The summed E-state index contributed by atoms with van der Waals surface area (Å²) >= 11 is 1.39. The second-order valence-corrected chi connectivity index (χ2v) is 4.41. The van der Waals surface area contributed by atoms with Crippen molar-refractivity contribution in [1.29, 1.82) is 0 Å². The zero-order valence-electron chi connectivity index (χ0n) is 8.98. The topological polar surface area (TPSA) is 99.4 Å². The highest BCUT2D eigenvalue weighted by Gasteiger charge is 2.17. The normalized spacial score (nSPS) is 20.4. The first-order chi connectivity index (χ1) is 8.25. The van der Waals surface area contributed by atoms with E-state index in [1.807, 2.05) is 0 Å². The summed E-state index contributed by atoms with van der Waals surface area (Å²) in [6.07, 6.45) is 0.928. The number of rotatable bonds is 5. The van der Waals surface area contributed by atoms with E-state index in [0.717, 1.165) is 6.42 Å². The Hall–Kier alpha value is -1.19. The van der Waals surface area contributed by atoms with E-state index in [-0.39, 0.29) is 12.6 Å². The number of carboxylic acid groups (broad SMARTS) is 1. The number of thioether (sulfide) groups is 1. The fourth-order valence-corrected chi connectivity index (χ4v) is 2.27. The molecule has 0 aliphatic carbocycles. The molecule has 1 N–H and O–H groups in total. The molecule has 0 amide bonds. The molecule has 0 radical (unpaired) electrons. The lowest BCUT2D eigenvalue weighted by Crippen LogP contribution is -2.25. The molecule has 1 unspecified atom stereocenters. The van der Waals surface area contributed by atoms with E-state index >= 15 is 0 Å². The van der Waals surface area contributed by atoms with E-state index in [1.54, 1.807) is 0 Å². The number of ether oxygens (including phenoxy) is 2. The summed E-state index contributed by atoms with van der Waals surface area (Å²) in [5.41, 5.74) is 0. The van der Waals surface area contributed by atoms with Gasteiger partial charge in [0.25, 0.3) is 0 Å². The van der Waals surface area contributed by atoms with Gasteiger partial charge in [-0.05, 0) is 16.8 Å². The van der Waals surface area contributed by atoms with Crippen LogP contribution in [0.15, 0.2) is 5.16 Å². The van der Waals surface area contributed by atoms with Crippen molar-refractivity contribution < 1.29 is 19.4 Å². The van der Waals surface area contributed by atoms with Crippen molar-refractivity contribution in [2.24, 2.45) is 0 Å². The van der Waals surface area contributed by atoms with E-state index < -0.39 is 5.97 Å². The molecule has 1 atom stereocenters. The van der Waals surface area contributed by atoms with E-state index in [4.69, 9.17) is 14.6 Å². The predicted octanol–water partition coefficient (Wildman–Crippen LogP) is -0.387. The number of aromatic nitrogens is 4. The molecule has 9 heteroatoms. The van der Waals surface area contributed by atoms with Crippen LogP contribution in [-0.2, 0) is 20.8 Å². The minimum atomic E-state index is -0.971. The van der Waals surface area contributed by atoms with Gasteiger partial charge in [-0.1, -0.05) is 11.8 Å². The van der Waals surface area contributed by atoms with E-state index in [2.05, 4.69) is 15.5 Å². The molecule has 1 aliphatic rings. The first-order valence-corrected chi connectivity index (χ1v) is 6.04. The third-order valence-electron chi connectivity index (χ3n) is 2.15. The Morgan fingerprint density at radius 3 is 3.24 bits per heavy atom. The summed E-state index contributed by atoms with van der Waals surface area (Å²) < 4.78 is 11.7. The average Bonchev–Trinajstić information content (AvgIpc) is 2.74. The number of nitrogens with zero attached hydrogens (tertiary/aromatic N) is 4. The van der Waals surface area contributed by atoms with Gasteiger partial charge in [-0.2, -0.15) is 0 Å². The Bertz CT molecular complexity index is 379. The molecule has 1 aliphatic heterocycles. The lowest BCUT2D eigenvalue weighted by atomic mass is 10.3.